The van der Waals surface area contributed by atoms with Crippen LogP contribution in [0.2, 0.25) is 0 Å². The van der Waals surface area contributed by atoms with Gasteiger partial charge in [-0.3, -0.25) is 13.9 Å². The fourth-order valence-electron chi connectivity index (χ4n) is 2.81. The molecule has 0 aliphatic heterocycles. The number of hydrogen-bond acceptors (Lipinski definition) is 5. The Balaban J connectivity index is 0.000000540. The number of aliphatic carboxylic acids is 1. The minimum Gasteiger partial charge on any atom is -0.475 e. The Morgan fingerprint density at radius 2 is 1.69 bits per heavy atom. The molecule has 0 spiro atoms. The minimum absolute atomic E-state index is 0.0495. The highest BCUT2D eigenvalue weighted by Crippen LogP contribution is 2.27. The van der Waals surface area contributed by atoms with Crippen molar-refractivity contribution in [2.24, 2.45) is 5.73 Å². The van der Waals surface area contributed by atoms with E-state index in [1.165, 1.54) is 32.7 Å². The normalized spacial score (nSPS) is 11.1. The summed E-state index contributed by atoms with van der Waals surface area (Å²) in [6, 6.07) is 7.17. The zero-order chi connectivity index (χ0) is 26.3. The molecule has 14 heteroatoms. The van der Waals surface area contributed by atoms with Crippen molar-refractivity contribution in [2.75, 3.05) is 6.54 Å². The van der Waals surface area contributed by atoms with Gasteiger partial charge in [0.25, 0.3) is 11.6 Å². The number of carboxylic acid groups (broad SMARTS) is 1. The molecule has 190 valence electrons. The Hall–Kier alpha value is -3.52. The molecule has 3 rings (SSSR count). The average Bonchev–Trinajstić information content (AvgIpc) is 3.39. The lowest BCUT2D eigenvalue weighted by Gasteiger charge is -2.04. The number of carbonyl (C=O) groups is 1. The lowest BCUT2D eigenvalue weighted by atomic mass is 10.2. The summed E-state index contributed by atoms with van der Waals surface area (Å²) in [4.78, 5) is 35.0. The van der Waals surface area contributed by atoms with Gasteiger partial charge in [0, 0.05) is 58.6 Å². The first-order valence-corrected chi connectivity index (χ1v) is 10.8. The van der Waals surface area contributed by atoms with Gasteiger partial charge in [0.05, 0.1) is 13.1 Å². The number of aromatic nitrogens is 3. The molecule has 0 aliphatic carbocycles. The summed E-state index contributed by atoms with van der Waals surface area (Å²) in [6.45, 7) is 2.31. The zero-order valence-electron chi connectivity index (χ0n) is 18.3. The smallest absolute Gasteiger partial charge is 0.475 e. The van der Waals surface area contributed by atoms with Gasteiger partial charge in [-0.25, -0.2) is 9.59 Å². The first-order valence-electron chi connectivity index (χ1n) is 9.95. The van der Waals surface area contributed by atoms with E-state index in [-0.39, 0.29) is 29.9 Å². The van der Waals surface area contributed by atoms with Crippen LogP contribution < -0.4 is 17.0 Å². The van der Waals surface area contributed by atoms with Crippen LogP contribution in [0.4, 0.5) is 22.0 Å². The fourth-order valence-corrected chi connectivity index (χ4v) is 3.81. The Morgan fingerprint density at radius 1 is 1.06 bits per heavy atom. The zero-order valence-corrected chi connectivity index (χ0v) is 19.1. The van der Waals surface area contributed by atoms with E-state index in [0.29, 0.717) is 13.1 Å². The Kier molecular flexibility index (Phi) is 9.31. The van der Waals surface area contributed by atoms with Gasteiger partial charge >= 0.3 is 17.8 Å². The van der Waals surface area contributed by atoms with Crippen LogP contribution in [-0.2, 0) is 24.4 Å². The van der Waals surface area contributed by atoms with Gasteiger partial charge in [0.1, 0.15) is 0 Å². The van der Waals surface area contributed by atoms with Crippen molar-refractivity contribution in [2.45, 2.75) is 32.7 Å². The van der Waals surface area contributed by atoms with Gasteiger partial charge in [-0.1, -0.05) is 0 Å². The van der Waals surface area contributed by atoms with Gasteiger partial charge in [-0.05, 0) is 25.1 Å². The second-order valence-corrected chi connectivity index (χ2v) is 8.18. The molecule has 8 nitrogen and oxygen atoms in total. The van der Waals surface area contributed by atoms with Crippen molar-refractivity contribution in [1.82, 2.24) is 13.7 Å². The van der Waals surface area contributed by atoms with Crippen molar-refractivity contribution >= 4 is 17.3 Å². The van der Waals surface area contributed by atoms with E-state index in [4.69, 9.17) is 15.6 Å². The maximum Gasteiger partial charge on any atom is 0.490 e. The van der Waals surface area contributed by atoms with Gasteiger partial charge in [0.2, 0.25) is 0 Å². The van der Waals surface area contributed by atoms with E-state index >= 15 is 0 Å². The molecular weight excluding hydrogens is 499 g/mol. The molecule has 0 unspecified atom stereocenters. The number of pyridine rings is 1. The number of hydrogen-bond donors (Lipinski definition) is 2. The fraction of sp³-hybridized carbons (Fsp3) is 0.286. The molecule has 0 atom stereocenters. The molecule has 0 bridgehead atoms. The predicted octanol–water partition coefficient (Wildman–Crippen LogP) is 3.35. The topological polar surface area (TPSA) is 112 Å². The van der Waals surface area contributed by atoms with Crippen molar-refractivity contribution in [3.05, 3.63) is 80.2 Å². The monoisotopic (exact) mass is 520 g/mol. The second-order valence-electron chi connectivity index (χ2n) is 7.02. The van der Waals surface area contributed by atoms with E-state index in [2.05, 4.69) is 0 Å². The molecule has 0 radical (unpaired) electrons. The molecule has 0 saturated carbocycles. The number of nitrogens with zero attached hydrogens (tertiary/aromatic N) is 3. The standard InChI is InChI=1S/C19H20F2N4O2S.C2HF3O2/c1-2-23-10-13(3-6-17(23)26)16-5-4-15(28-16)12-25-8-7-24(19(25)27)11-14(9-22)18(20)21;3-2(4,5)1(6)7/h3-8,10H,2,9,11-12,22H2,1H3;(H,6,7). The van der Waals surface area contributed by atoms with Crippen molar-refractivity contribution in [3.63, 3.8) is 0 Å². The molecule has 0 saturated heterocycles. The summed E-state index contributed by atoms with van der Waals surface area (Å²) < 4.78 is 61.6. The molecule has 3 aromatic heterocycles. The molecule has 0 fully saturated rings. The Labute approximate surface area is 199 Å². The molecular formula is C21H21F5N4O4S. The summed E-state index contributed by atoms with van der Waals surface area (Å²) >= 11 is 1.51. The van der Waals surface area contributed by atoms with E-state index in [1.807, 2.05) is 25.3 Å². The summed E-state index contributed by atoms with van der Waals surface area (Å²) in [6.07, 6.45) is -2.07. The maximum atomic E-state index is 12.8. The van der Waals surface area contributed by atoms with Crippen LogP contribution in [0, 0.1) is 0 Å². The molecule has 35 heavy (non-hydrogen) atoms. The van der Waals surface area contributed by atoms with Crippen molar-refractivity contribution in [3.8, 4) is 10.4 Å². The lowest BCUT2D eigenvalue weighted by Crippen LogP contribution is -2.26. The van der Waals surface area contributed by atoms with Gasteiger partial charge in [-0.15, -0.1) is 11.3 Å². The number of thiophene rings is 1. The summed E-state index contributed by atoms with van der Waals surface area (Å²) in [7, 11) is 0. The van der Waals surface area contributed by atoms with Crippen LogP contribution in [0.3, 0.4) is 0 Å². The van der Waals surface area contributed by atoms with Crippen molar-refractivity contribution < 1.29 is 31.9 Å². The third-order valence-corrected chi connectivity index (χ3v) is 5.75. The van der Waals surface area contributed by atoms with Gasteiger partial charge < -0.3 is 15.4 Å². The largest absolute Gasteiger partial charge is 0.490 e. The van der Waals surface area contributed by atoms with Gasteiger partial charge in [0.15, 0.2) is 0 Å². The number of rotatable bonds is 7. The Bertz CT molecular complexity index is 1320. The van der Waals surface area contributed by atoms with Crippen LogP contribution in [-0.4, -0.2) is 37.5 Å². The molecule has 3 N–H and O–H groups in total. The van der Waals surface area contributed by atoms with Crippen LogP contribution >= 0.6 is 11.3 Å². The van der Waals surface area contributed by atoms with Crippen molar-refractivity contribution in [1.29, 1.82) is 0 Å². The molecule has 3 heterocycles. The number of nitrogens with two attached hydrogens (primary N) is 1. The SMILES string of the molecule is CCn1cc(-c2ccc(Cn3ccn(CC(CN)=C(F)F)c3=O)s2)ccc1=O.O=C(O)C(F)(F)F. The van der Waals surface area contributed by atoms with E-state index in [1.54, 1.807) is 16.8 Å². The van der Waals surface area contributed by atoms with E-state index < -0.39 is 18.2 Å². The van der Waals surface area contributed by atoms with Crippen LogP contribution in [0.5, 0.6) is 0 Å². The van der Waals surface area contributed by atoms with Crippen LogP contribution in [0.1, 0.15) is 11.8 Å². The third kappa shape index (κ3) is 7.48. The number of halogens is 5. The maximum absolute atomic E-state index is 12.8. The van der Waals surface area contributed by atoms with Crippen LogP contribution in [0.25, 0.3) is 10.4 Å². The number of alkyl halides is 3. The Morgan fingerprint density at radius 3 is 2.23 bits per heavy atom. The second kappa shape index (κ2) is 11.8. The predicted molar refractivity (Wildman–Crippen MR) is 119 cm³/mol. The van der Waals surface area contributed by atoms with E-state index in [0.717, 1.165) is 15.3 Å². The number of carboxylic acids is 1. The van der Waals surface area contributed by atoms with Crippen LogP contribution in [0.15, 0.2) is 64.1 Å². The third-order valence-electron chi connectivity index (χ3n) is 4.63. The summed E-state index contributed by atoms with van der Waals surface area (Å²) in [5, 5.41) is 7.12. The quantitative estimate of drug-likeness (QED) is 0.464. The molecule has 0 aromatic carbocycles. The first kappa shape index (κ1) is 27.7. The number of imidazole rings is 1. The molecule has 3 aromatic rings. The van der Waals surface area contributed by atoms with Gasteiger partial charge in [-0.2, -0.15) is 22.0 Å². The highest BCUT2D eigenvalue weighted by atomic mass is 32.1. The van der Waals surface area contributed by atoms with E-state index in [9.17, 15) is 31.5 Å². The highest BCUT2D eigenvalue weighted by molar-refractivity contribution is 7.15. The summed E-state index contributed by atoms with van der Waals surface area (Å²) in [5.41, 5.74) is 5.56. The minimum atomic E-state index is -5.08. The highest BCUT2D eigenvalue weighted by Gasteiger charge is 2.38. The average molecular weight is 520 g/mol. The summed E-state index contributed by atoms with van der Waals surface area (Å²) in [5.74, 6) is -2.76. The number of aryl methyl sites for hydroxylation is 1. The molecule has 0 amide bonds. The lowest BCUT2D eigenvalue weighted by molar-refractivity contribution is -0.192. The molecule has 0 aliphatic rings. The first-order chi connectivity index (χ1) is 16.4.